The first-order valence-electron chi connectivity index (χ1n) is 3.01. The third kappa shape index (κ3) is 1.19. The minimum absolute atomic E-state index is 0.313. The number of rotatable bonds is 2. The van der Waals surface area contributed by atoms with E-state index in [4.69, 9.17) is 0 Å². The van der Waals surface area contributed by atoms with Crippen LogP contribution < -0.4 is 0 Å². The van der Waals surface area contributed by atoms with E-state index in [1.807, 2.05) is 6.92 Å². The Morgan fingerprint density at radius 3 is 2.62 bits per heavy atom. The van der Waals surface area contributed by atoms with Crippen LogP contribution in [0.15, 0.2) is 12.2 Å². The number of ketones is 1. The maximum atomic E-state index is 10.7. The van der Waals surface area contributed by atoms with Crippen LogP contribution in [0.3, 0.4) is 0 Å². The predicted molar refractivity (Wildman–Crippen MR) is 32.5 cm³/mol. The predicted octanol–water partition coefficient (Wildman–Crippen LogP) is 1.54. The topological polar surface area (TPSA) is 17.1 Å². The minimum atomic E-state index is 0.313. The number of carbonyl (C=O) groups is 1. The second-order valence-corrected chi connectivity index (χ2v) is 2.18. The van der Waals surface area contributed by atoms with Crippen LogP contribution in [-0.4, -0.2) is 5.78 Å². The molecule has 0 amide bonds. The van der Waals surface area contributed by atoms with Crippen LogP contribution in [-0.2, 0) is 4.79 Å². The average Bonchev–Trinajstić information content (AvgIpc) is 2.45. The van der Waals surface area contributed by atoms with Crippen molar-refractivity contribution in [2.75, 3.05) is 0 Å². The van der Waals surface area contributed by atoms with E-state index >= 15 is 0 Å². The quantitative estimate of drug-likeness (QED) is 0.493. The molecular formula is C7H10O. The Bertz CT molecular complexity index is 120. The summed E-state index contributed by atoms with van der Waals surface area (Å²) in [5.41, 5.74) is 0. The van der Waals surface area contributed by atoms with E-state index in [0.717, 1.165) is 12.8 Å². The number of carbonyl (C=O) groups excluding carboxylic acids is 1. The first-order valence-corrected chi connectivity index (χ1v) is 3.01. The highest BCUT2D eigenvalue weighted by Gasteiger charge is 2.26. The van der Waals surface area contributed by atoms with E-state index in [-0.39, 0.29) is 0 Å². The normalized spacial score (nSPS) is 19.6. The van der Waals surface area contributed by atoms with Gasteiger partial charge >= 0.3 is 0 Å². The Balaban J connectivity index is 2.33. The van der Waals surface area contributed by atoms with E-state index in [2.05, 4.69) is 0 Å². The van der Waals surface area contributed by atoms with Crippen LogP contribution in [0.4, 0.5) is 0 Å². The largest absolute Gasteiger partial charge is 0.295 e. The molecule has 0 aromatic heterocycles. The SMILES string of the molecule is C/C=C/C(=O)C1CC1. The highest BCUT2D eigenvalue weighted by Crippen LogP contribution is 2.29. The van der Waals surface area contributed by atoms with Crippen molar-refractivity contribution in [1.29, 1.82) is 0 Å². The van der Waals surface area contributed by atoms with Crippen molar-refractivity contribution in [2.24, 2.45) is 5.92 Å². The van der Waals surface area contributed by atoms with Crippen LogP contribution >= 0.6 is 0 Å². The van der Waals surface area contributed by atoms with E-state index in [0.29, 0.717) is 11.7 Å². The van der Waals surface area contributed by atoms with Crippen molar-refractivity contribution in [3.63, 3.8) is 0 Å². The molecule has 1 fully saturated rings. The van der Waals surface area contributed by atoms with Gasteiger partial charge in [0.05, 0.1) is 0 Å². The average molecular weight is 110 g/mol. The molecule has 0 radical (unpaired) electrons. The molecule has 1 aliphatic carbocycles. The molecule has 1 rings (SSSR count). The number of hydrogen-bond acceptors (Lipinski definition) is 1. The fourth-order valence-electron chi connectivity index (χ4n) is 0.668. The summed E-state index contributed by atoms with van der Waals surface area (Å²) >= 11 is 0. The van der Waals surface area contributed by atoms with Crippen molar-refractivity contribution in [3.8, 4) is 0 Å². The molecule has 0 saturated heterocycles. The summed E-state index contributed by atoms with van der Waals surface area (Å²) in [4.78, 5) is 10.7. The molecule has 0 aromatic rings. The van der Waals surface area contributed by atoms with Crippen LogP contribution in [0.5, 0.6) is 0 Å². The van der Waals surface area contributed by atoms with Crippen molar-refractivity contribution >= 4 is 5.78 Å². The molecule has 0 aromatic carbocycles. The highest BCUT2D eigenvalue weighted by molar-refractivity contribution is 5.93. The second-order valence-electron chi connectivity index (χ2n) is 2.18. The number of hydrogen-bond donors (Lipinski definition) is 0. The maximum Gasteiger partial charge on any atom is 0.158 e. The Kier molecular flexibility index (Phi) is 1.47. The lowest BCUT2D eigenvalue weighted by molar-refractivity contribution is -0.115. The Labute approximate surface area is 49.4 Å². The summed E-state index contributed by atoms with van der Waals surface area (Å²) in [7, 11) is 0. The third-order valence-corrected chi connectivity index (χ3v) is 1.31. The summed E-state index contributed by atoms with van der Waals surface area (Å²) < 4.78 is 0. The molecule has 0 heterocycles. The zero-order valence-electron chi connectivity index (χ0n) is 5.05. The molecule has 1 nitrogen and oxygen atoms in total. The van der Waals surface area contributed by atoms with Crippen molar-refractivity contribution in [3.05, 3.63) is 12.2 Å². The smallest absolute Gasteiger partial charge is 0.158 e. The lowest BCUT2D eigenvalue weighted by Crippen LogP contribution is -1.92. The van der Waals surface area contributed by atoms with Gasteiger partial charge in [0.1, 0.15) is 0 Å². The van der Waals surface area contributed by atoms with Crippen molar-refractivity contribution in [2.45, 2.75) is 19.8 Å². The van der Waals surface area contributed by atoms with Gasteiger partial charge in [0.15, 0.2) is 5.78 Å². The van der Waals surface area contributed by atoms with Gasteiger partial charge in [0.25, 0.3) is 0 Å². The molecule has 0 N–H and O–H groups in total. The molecule has 1 saturated carbocycles. The van der Waals surface area contributed by atoms with Crippen LogP contribution in [0.2, 0.25) is 0 Å². The van der Waals surface area contributed by atoms with Gasteiger partial charge in [-0.1, -0.05) is 6.08 Å². The molecule has 0 bridgehead atoms. The third-order valence-electron chi connectivity index (χ3n) is 1.31. The fraction of sp³-hybridized carbons (Fsp3) is 0.571. The molecule has 1 aliphatic rings. The summed E-state index contributed by atoms with van der Waals surface area (Å²) in [6.07, 6.45) is 5.70. The first-order chi connectivity index (χ1) is 3.84. The molecule has 0 spiro atoms. The van der Waals surface area contributed by atoms with Gasteiger partial charge in [-0.15, -0.1) is 0 Å². The molecular weight excluding hydrogens is 100 g/mol. The highest BCUT2D eigenvalue weighted by atomic mass is 16.1. The molecule has 44 valence electrons. The van der Waals surface area contributed by atoms with Gasteiger partial charge in [-0.2, -0.15) is 0 Å². The van der Waals surface area contributed by atoms with Gasteiger partial charge in [-0.05, 0) is 25.8 Å². The zero-order valence-corrected chi connectivity index (χ0v) is 5.05. The summed E-state index contributed by atoms with van der Waals surface area (Å²) in [5, 5.41) is 0. The molecule has 0 aliphatic heterocycles. The van der Waals surface area contributed by atoms with Gasteiger partial charge in [0, 0.05) is 5.92 Å². The zero-order chi connectivity index (χ0) is 5.98. The van der Waals surface area contributed by atoms with E-state index in [1.165, 1.54) is 0 Å². The summed E-state index contributed by atoms with van der Waals surface area (Å²) in [6.45, 7) is 1.88. The second kappa shape index (κ2) is 2.12. The molecule has 1 heteroatoms. The first kappa shape index (κ1) is 5.54. The van der Waals surface area contributed by atoms with Gasteiger partial charge in [0.2, 0.25) is 0 Å². The van der Waals surface area contributed by atoms with Crippen LogP contribution in [0.25, 0.3) is 0 Å². The van der Waals surface area contributed by atoms with Crippen LogP contribution in [0.1, 0.15) is 19.8 Å². The Morgan fingerprint density at radius 2 is 2.25 bits per heavy atom. The summed E-state index contributed by atoms with van der Waals surface area (Å²) in [6, 6.07) is 0. The molecule has 0 atom stereocenters. The Hall–Kier alpha value is -0.590. The van der Waals surface area contributed by atoms with Gasteiger partial charge in [-0.3, -0.25) is 4.79 Å². The van der Waals surface area contributed by atoms with Crippen molar-refractivity contribution in [1.82, 2.24) is 0 Å². The standard InChI is InChI=1S/C7H10O/c1-2-3-7(8)6-4-5-6/h2-3,6H,4-5H2,1H3/b3-2+. The maximum absolute atomic E-state index is 10.7. The lowest BCUT2D eigenvalue weighted by Gasteiger charge is -1.81. The molecule has 0 unspecified atom stereocenters. The van der Waals surface area contributed by atoms with E-state index in [9.17, 15) is 4.79 Å². The van der Waals surface area contributed by atoms with Crippen molar-refractivity contribution < 1.29 is 4.79 Å². The fourth-order valence-corrected chi connectivity index (χ4v) is 0.668. The van der Waals surface area contributed by atoms with E-state index < -0.39 is 0 Å². The van der Waals surface area contributed by atoms with Gasteiger partial charge in [-0.25, -0.2) is 0 Å². The Morgan fingerprint density at radius 1 is 1.62 bits per heavy atom. The summed E-state index contributed by atoms with van der Waals surface area (Å²) in [5.74, 6) is 0.707. The molecule has 8 heavy (non-hydrogen) atoms. The minimum Gasteiger partial charge on any atom is -0.295 e. The van der Waals surface area contributed by atoms with Gasteiger partial charge < -0.3 is 0 Å². The van der Waals surface area contributed by atoms with E-state index in [1.54, 1.807) is 12.2 Å². The number of allylic oxidation sites excluding steroid dienone is 2. The lowest BCUT2D eigenvalue weighted by atomic mass is 10.2. The van der Waals surface area contributed by atoms with Crippen LogP contribution in [0, 0.1) is 5.92 Å². The monoisotopic (exact) mass is 110 g/mol.